The fourth-order valence-electron chi connectivity index (χ4n) is 2.56. The van der Waals surface area contributed by atoms with Gasteiger partial charge in [0.25, 0.3) is 0 Å². The molecule has 5 heteroatoms. The third-order valence-electron chi connectivity index (χ3n) is 4.34. The lowest BCUT2D eigenvalue weighted by molar-refractivity contribution is 0.253. The molecule has 2 unspecified atom stereocenters. The van der Waals surface area contributed by atoms with Gasteiger partial charge in [0, 0.05) is 19.1 Å². The Labute approximate surface area is 128 Å². The first-order chi connectivity index (χ1) is 9.62. The molecule has 0 amide bonds. The minimum Gasteiger partial charge on any atom is -0.326 e. The van der Waals surface area contributed by atoms with Crippen molar-refractivity contribution in [3.63, 3.8) is 0 Å². The van der Waals surface area contributed by atoms with Gasteiger partial charge in [0.1, 0.15) is 0 Å². The molecular weight excluding hydrogens is 284 g/mol. The minimum atomic E-state index is -3.43. The molecule has 0 radical (unpaired) electrons. The second-order valence-electron chi connectivity index (χ2n) is 7.07. The number of benzene rings is 1. The van der Waals surface area contributed by atoms with Gasteiger partial charge in [0.05, 0.1) is 4.90 Å². The second kappa shape index (κ2) is 5.71. The van der Waals surface area contributed by atoms with E-state index in [4.69, 9.17) is 5.73 Å². The van der Waals surface area contributed by atoms with Gasteiger partial charge in [0.15, 0.2) is 0 Å². The first kappa shape index (κ1) is 16.5. The highest BCUT2D eigenvalue weighted by molar-refractivity contribution is 7.89. The fraction of sp³-hybridized carbons (Fsp3) is 0.625. The number of sulfonamides is 1. The molecular formula is C16H26N2O2S. The van der Waals surface area contributed by atoms with Crippen LogP contribution in [-0.4, -0.2) is 31.9 Å². The average molecular weight is 310 g/mol. The molecule has 2 atom stereocenters. The number of hydrogen-bond acceptors (Lipinski definition) is 3. The van der Waals surface area contributed by atoms with Gasteiger partial charge in [-0.05, 0) is 35.4 Å². The highest BCUT2D eigenvalue weighted by atomic mass is 32.2. The molecule has 1 heterocycles. The lowest BCUT2D eigenvalue weighted by atomic mass is 9.87. The van der Waals surface area contributed by atoms with Gasteiger partial charge in [-0.15, -0.1) is 0 Å². The van der Waals surface area contributed by atoms with Crippen LogP contribution in [0.5, 0.6) is 0 Å². The third kappa shape index (κ3) is 3.47. The molecule has 4 nitrogen and oxygen atoms in total. The molecule has 2 rings (SSSR count). The Bertz CT molecular complexity index is 588. The maximum atomic E-state index is 12.7. The van der Waals surface area contributed by atoms with Crippen molar-refractivity contribution in [3.05, 3.63) is 29.8 Å². The summed E-state index contributed by atoms with van der Waals surface area (Å²) in [5.74, 6) is 0.375. The van der Waals surface area contributed by atoms with Crippen LogP contribution in [0.3, 0.4) is 0 Å². The molecule has 118 valence electrons. The minimum absolute atomic E-state index is 0.0190. The number of hydrogen-bond donors (Lipinski definition) is 1. The molecule has 1 aliphatic heterocycles. The summed E-state index contributed by atoms with van der Waals surface area (Å²) >= 11 is 0. The van der Waals surface area contributed by atoms with Crippen LogP contribution in [-0.2, 0) is 15.4 Å². The van der Waals surface area contributed by atoms with E-state index in [2.05, 4.69) is 27.7 Å². The Morgan fingerprint density at radius 3 is 2.24 bits per heavy atom. The Morgan fingerprint density at radius 1 is 1.19 bits per heavy atom. The molecule has 0 aliphatic carbocycles. The number of nitrogens with two attached hydrogens (primary N) is 1. The predicted octanol–water partition coefficient (Wildman–Crippen LogP) is 2.34. The van der Waals surface area contributed by atoms with Crippen LogP contribution >= 0.6 is 0 Å². The zero-order valence-electron chi connectivity index (χ0n) is 13.3. The molecule has 0 aromatic heterocycles. The first-order valence-electron chi connectivity index (χ1n) is 7.48. The van der Waals surface area contributed by atoms with Crippen LogP contribution < -0.4 is 5.73 Å². The zero-order chi connectivity index (χ0) is 15.8. The van der Waals surface area contributed by atoms with Crippen molar-refractivity contribution in [2.24, 2.45) is 11.7 Å². The van der Waals surface area contributed by atoms with E-state index in [-0.39, 0.29) is 11.5 Å². The van der Waals surface area contributed by atoms with Crippen LogP contribution in [0.1, 0.15) is 39.7 Å². The topological polar surface area (TPSA) is 63.4 Å². The number of piperidine rings is 1. The summed E-state index contributed by atoms with van der Waals surface area (Å²) < 4.78 is 26.9. The molecule has 1 saturated heterocycles. The summed E-state index contributed by atoms with van der Waals surface area (Å²) in [6.45, 7) is 9.38. The van der Waals surface area contributed by atoms with Crippen molar-refractivity contribution >= 4 is 10.0 Å². The molecule has 1 aliphatic rings. The highest BCUT2D eigenvalue weighted by Gasteiger charge is 2.32. The van der Waals surface area contributed by atoms with Gasteiger partial charge in [0.2, 0.25) is 10.0 Å². The molecule has 1 aromatic carbocycles. The third-order valence-corrected chi connectivity index (χ3v) is 6.22. The second-order valence-corrected chi connectivity index (χ2v) is 9.01. The lowest BCUT2D eigenvalue weighted by Gasteiger charge is -2.34. The van der Waals surface area contributed by atoms with Crippen molar-refractivity contribution in [2.75, 3.05) is 13.1 Å². The van der Waals surface area contributed by atoms with Crippen LogP contribution in [0, 0.1) is 5.92 Å². The Hall–Kier alpha value is -0.910. The van der Waals surface area contributed by atoms with E-state index >= 15 is 0 Å². The summed E-state index contributed by atoms with van der Waals surface area (Å²) in [5, 5.41) is 0. The largest absolute Gasteiger partial charge is 0.326 e. The van der Waals surface area contributed by atoms with Crippen LogP contribution in [0.2, 0.25) is 0 Å². The maximum absolute atomic E-state index is 12.7. The molecule has 1 fully saturated rings. The van der Waals surface area contributed by atoms with Gasteiger partial charge in [-0.2, -0.15) is 4.31 Å². The SMILES string of the molecule is CC1CCN(S(=O)(=O)c2ccc(C(C)(C)C)cc2)CC1N. The van der Waals surface area contributed by atoms with Gasteiger partial charge < -0.3 is 5.73 Å². The van der Waals surface area contributed by atoms with E-state index in [1.165, 1.54) is 4.31 Å². The van der Waals surface area contributed by atoms with E-state index < -0.39 is 10.0 Å². The van der Waals surface area contributed by atoms with Crippen molar-refractivity contribution in [2.45, 2.75) is 50.5 Å². The zero-order valence-corrected chi connectivity index (χ0v) is 14.2. The average Bonchev–Trinajstić information content (AvgIpc) is 2.41. The number of nitrogens with zero attached hydrogens (tertiary/aromatic N) is 1. The van der Waals surface area contributed by atoms with E-state index in [0.717, 1.165) is 12.0 Å². The predicted molar refractivity (Wildman–Crippen MR) is 85.7 cm³/mol. The van der Waals surface area contributed by atoms with Crippen LogP contribution in [0.15, 0.2) is 29.2 Å². The Morgan fingerprint density at radius 2 is 1.76 bits per heavy atom. The van der Waals surface area contributed by atoms with Gasteiger partial charge in [-0.1, -0.05) is 39.8 Å². The summed E-state index contributed by atoms with van der Waals surface area (Å²) in [4.78, 5) is 0.359. The van der Waals surface area contributed by atoms with E-state index in [1.807, 2.05) is 12.1 Å². The quantitative estimate of drug-likeness (QED) is 0.912. The maximum Gasteiger partial charge on any atom is 0.243 e. The van der Waals surface area contributed by atoms with Crippen molar-refractivity contribution < 1.29 is 8.42 Å². The normalized spacial score (nSPS) is 25.0. The van der Waals surface area contributed by atoms with Crippen LogP contribution in [0.25, 0.3) is 0 Å². The monoisotopic (exact) mass is 310 g/mol. The van der Waals surface area contributed by atoms with Crippen molar-refractivity contribution in [1.29, 1.82) is 0 Å². The van der Waals surface area contributed by atoms with Crippen molar-refractivity contribution in [3.8, 4) is 0 Å². The molecule has 1 aromatic rings. The summed E-state index contributed by atoms with van der Waals surface area (Å²) in [7, 11) is -3.43. The summed E-state index contributed by atoms with van der Waals surface area (Å²) in [6.07, 6.45) is 0.820. The highest BCUT2D eigenvalue weighted by Crippen LogP contribution is 2.26. The lowest BCUT2D eigenvalue weighted by Crippen LogP contribution is -2.49. The standard InChI is InChI=1S/C16H26N2O2S/c1-12-9-10-18(11-15(12)17)21(19,20)14-7-5-13(6-8-14)16(2,3)4/h5-8,12,15H,9-11,17H2,1-4H3. The van der Waals surface area contributed by atoms with Crippen LogP contribution in [0.4, 0.5) is 0 Å². The molecule has 2 N–H and O–H groups in total. The molecule has 0 saturated carbocycles. The molecule has 0 bridgehead atoms. The smallest absolute Gasteiger partial charge is 0.243 e. The van der Waals surface area contributed by atoms with Gasteiger partial charge >= 0.3 is 0 Å². The number of rotatable bonds is 2. The van der Waals surface area contributed by atoms with Crippen molar-refractivity contribution in [1.82, 2.24) is 4.31 Å². The van der Waals surface area contributed by atoms with Gasteiger partial charge in [-0.25, -0.2) is 8.42 Å². The Kier molecular flexibility index (Phi) is 4.47. The van der Waals surface area contributed by atoms with Gasteiger partial charge in [-0.3, -0.25) is 0 Å². The first-order valence-corrected chi connectivity index (χ1v) is 8.92. The fourth-order valence-corrected chi connectivity index (χ4v) is 4.05. The summed E-state index contributed by atoms with van der Waals surface area (Å²) in [6, 6.07) is 7.14. The van der Waals surface area contributed by atoms with E-state index in [1.54, 1.807) is 12.1 Å². The summed E-state index contributed by atoms with van der Waals surface area (Å²) in [5.41, 5.74) is 7.17. The Balaban J connectivity index is 2.24. The van der Waals surface area contributed by atoms with E-state index in [9.17, 15) is 8.42 Å². The van der Waals surface area contributed by atoms with E-state index in [0.29, 0.717) is 23.9 Å². The molecule has 0 spiro atoms. The molecule has 21 heavy (non-hydrogen) atoms.